The van der Waals surface area contributed by atoms with E-state index >= 15 is 0 Å². The Labute approximate surface area is 88.0 Å². The largest absolute Gasteiger partial charge is 0.239 e. The van der Waals surface area contributed by atoms with Gasteiger partial charge in [-0.3, -0.25) is 0 Å². The van der Waals surface area contributed by atoms with Crippen LogP contribution in [0.5, 0.6) is 0 Å². The number of imidazole rings is 2. The molecule has 0 aliphatic heterocycles. The van der Waals surface area contributed by atoms with Gasteiger partial charge >= 0.3 is 0 Å². The molecule has 10 heteroatoms. The van der Waals surface area contributed by atoms with E-state index < -0.39 is 10.1 Å². The predicted octanol–water partition coefficient (Wildman–Crippen LogP) is -0.154. The molecule has 16 heavy (non-hydrogen) atoms. The molecular formula is C6H6N6O4. The normalized spacial score (nSPS) is 9.00. The lowest BCUT2D eigenvalue weighted by Gasteiger charge is -1.81. The molecule has 2 heterocycles. The SMILES string of the molecule is O=[N+]([O-])n1ccnc1.O=[N+]([O-])n1ccnc1. The molecule has 0 radical (unpaired) electrons. The van der Waals surface area contributed by atoms with Crippen molar-refractivity contribution in [3.05, 3.63) is 57.7 Å². The molecule has 0 unspecified atom stereocenters. The minimum atomic E-state index is -0.562. The van der Waals surface area contributed by atoms with E-state index in [4.69, 9.17) is 0 Å². The first kappa shape index (κ1) is 11.3. The molecule has 84 valence electrons. The highest BCUT2D eigenvalue weighted by Crippen LogP contribution is 1.81. The van der Waals surface area contributed by atoms with E-state index in [1.165, 1.54) is 24.8 Å². The number of hydrogen-bond donors (Lipinski definition) is 0. The summed E-state index contributed by atoms with van der Waals surface area (Å²) in [4.78, 5) is 26.5. The molecule has 0 saturated carbocycles. The summed E-state index contributed by atoms with van der Waals surface area (Å²) in [6.45, 7) is 0. The Balaban J connectivity index is 0.000000160. The molecule has 10 nitrogen and oxygen atoms in total. The second kappa shape index (κ2) is 5.19. The lowest BCUT2D eigenvalue weighted by molar-refractivity contribution is -0.542. The van der Waals surface area contributed by atoms with Gasteiger partial charge in [-0.25, -0.2) is 30.2 Å². The quantitative estimate of drug-likeness (QED) is 0.518. The van der Waals surface area contributed by atoms with Crippen molar-refractivity contribution >= 4 is 0 Å². The van der Waals surface area contributed by atoms with E-state index in [2.05, 4.69) is 9.97 Å². The molecule has 0 N–H and O–H groups in total. The van der Waals surface area contributed by atoms with Gasteiger partial charge in [0.25, 0.3) is 0 Å². The minimum Gasteiger partial charge on any atom is -0.239 e. The second-order valence-electron chi connectivity index (χ2n) is 2.36. The molecule has 0 aliphatic rings. The van der Waals surface area contributed by atoms with Crippen LogP contribution in [0, 0.1) is 20.2 Å². The van der Waals surface area contributed by atoms with Crippen LogP contribution in [0.4, 0.5) is 0 Å². The third-order valence-corrected chi connectivity index (χ3v) is 1.36. The van der Waals surface area contributed by atoms with Crippen molar-refractivity contribution in [3.8, 4) is 0 Å². The Morgan fingerprint density at radius 2 is 1.25 bits per heavy atom. The molecule has 0 spiro atoms. The van der Waals surface area contributed by atoms with Gasteiger partial charge in [-0.1, -0.05) is 9.35 Å². The standard InChI is InChI=1S/2C3H3N3O2/c2*7-6(8)5-2-1-4-3-5/h2*1-3H. The first-order valence-corrected chi connectivity index (χ1v) is 3.86. The summed E-state index contributed by atoms with van der Waals surface area (Å²) >= 11 is 0. The van der Waals surface area contributed by atoms with E-state index in [1.807, 2.05) is 0 Å². The Kier molecular flexibility index (Phi) is 3.66. The zero-order valence-electron chi connectivity index (χ0n) is 7.78. The van der Waals surface area contributed by atoms with Crippen LogP contribution in [-0.2, 0) is 0 Å². The Morgan fingerprint density at radius 3 is 1.38 bits per heavy atom. The lowest BCUT2D eigenvalue weighted by atomic mass is 11.0. The monoisotopic (exact) mass is 226 g/mol. The van der Waals surface area contributed by atoms with E-state index in [9.17, 15) is 20.2 Å². The van der Waals surface area contributed by atoms with Crippen molar-refractivity contribution in [1.82, 2.24) is 19.3 Å². The molecule has 0 aliphatic carbocycles. The summed E-state index contributed by atoms with van der Waals surface area (Å²) in [7, 11) is 0. The molecule has 0 aromatic carbocycles. The Hall–Kier alpha value is -2.78. The average Bonchev–Trinajstić information content (AvgIpc) is 2.93. The van der Waals surface area contributed by atoms with Crippen LogP contribution < -0.4 is 0 Å². The van der Waals surface area contributed by atoms with E-state index in [0.29, 0.717) is 0 Å². The number of rotatable bonds is 2. The van der Waals surface area contributed by atoms with Gasteiger partial charge in [0.1, 0.15) is 0 Å². The van der Waals surface area contributed by atoms with Crippen molar-refractivity contribution in [3.63, 3.8) is 0 Å². The summed E-state index contributed by atoms with van der Waals surface area (Å²) in [6.07, 6.45) is 7.48. The van der Waals surface area contributed by atoms with Gasteiger partial charge in [0.15, 0.2) is 22.7 Å². The van der Waals surface area contributed by atoms with Crippen molar-refractivity contribution < 1.29 is 10.1 Å². The molecule has 2 aromatic rings. The van der Waals surface area contributed by atoms with E-state index in [1.54, 1.807) is 0 Å². The molecule has 2 rings (SSSR count). The highest BCUT2D eigenvalue weighted by molar-refractivity contribution is 4.69. The maximum absolute atomic E-state index is 9.79. The summed E-state index contributed by atoms with van der Waals surface area (Å²) in [5.41, 5.74) is 0. The molecule has 2 aromatic heterocycles. The fraction of sp³-hybridized carbons (Fsp3) is 0. The van der Waals surface area contributed by atoms with Crippen molar-refractivity contribution in [2.45, 2.75) is 0 Å². The first-order chi connectivity index (χ1) is 7.61. The molecule has 0 atom stereocenters. The fourth-order valence-electron chi connectivity index (χ4n) is 0.697. The van der Waals surface area contributed by atoms with Gasteiger partial charge in [-0.2, -0.15) is 0 Å². The van der Waals surface area contributed by atoms with Crippen LogP contribution in [0.3, 0.4) is 0 Å². The molecular weight excluding hydrogens is 220 g/mol. The van der Waals surface area contributed by atoms with Crippen LogP contribution in [0.1, 0.15) is 0 Å². The van der Waals surface area contributed by atoms with Crippen molar-refractivity contribution in [1.29, 1.82) is 0 Å². The highest BCUT2D eigenvalue weighted by Gasteiger charge is 1.95. The number of hydrogen-bond acceptors (Lipinski definition) is 6. The molecule has 0 bridgehead atoms. The third kappa shape index (κ3) is 3.17. The summed E-state index contributed by atoms with van der Waals surface area (Å²) in [6, 6.07) is 0. The zero-order chi connectivity index (χ0) is 12.0. The molecule has 0 saturated heterocycles. The number of aromatic nitrogens is 4. The number of nitro groups is 2. The first-order valence-electron chi connectivity index (χ1n) is 3.86. The Morgan fingerprint density at radius 1 is 0.875 bits per heavy atom. The van der Waals surface area contributed by atoms with Crippen LogP contribution in [0.15, 0.2) is 37.4 Å². The van der Waals surface area contributed by atoms with Gasteiger partial charge in [-0.15, -0.1) is 0 Å². The van der Waals surface area contributed by atoms with Crippen molar-refractivity contribution in [2.75, 3.05) is 0 Å². The second-order valence-corrected chi connectivity index (χ2v) is 2.36. The van der Waals surface area contributed by atoms with Crippen LogP contribution >= 0.6 is 0 Å². The van der Waals surface area contributed by atoms with E-state index in [0.717, 1.165) is 22.0 Å². The van der Waals surface area contributed by atoms with E-state index in [-0.39, 0.29) is 0 Å². The summed E-state index contributed by atoms with van der Waals surface area (Å²) in [5, 5.41) is 18.5. The van der Waals surface area contributed by atoms with Gasteiger partial charge in [0.2, 0.25) is 0 Å². The van der Waals surface area contributed by atoms with Gasteiger partial charge in [0, 0.05) is 0 Å². The Bertz CT molecular complexity index is 405. The summed E-state index contributed by atoms with van der Waals surface area (Å²) in [5.74, 6) is 0. The van der Waals surface area contributed by atoms with Crippen LogP contribution in [-0.4, -0.2) is 29.4 Å². The maximum atomic E-state index is 9.79. The van der Waals surface area contributed by atoms with Gasteiger partial charge < -0.3 is 0 Å². The third-order valence-electron chi connectivity index (χ3n) is 1.36. The molecule has 0 fully saturated rings. The van der Waals surface area contributed by atoms with Gasteiger partial charge in [-0.05, 0) is 0 Å². The summed E-state index contributed by atoms with van der Waals surface area (Å²) < 4.78 is 1.56. The smallest absolute Gasteiger partial charge is 0.170 e. The van der Waals surface area contributed by atoms with Crippen molar-refractivity contribution in [2.24, 2.45) is 0 Å². The number of nitrogens with zero attached hydrogens (tertiary/aromatic N) is 6. The van der Waals surface area contributed by atoms with Crippen LogP contribution in [0.25, 0.3) is 0 Å². The maximum Gasteiger partial charge on any atom is 0.170 e. The van der Waals surface area contributed by atoms with Gasteiger partial charge in [0.05, 0.1) is 24.8 Å². The lowest BCUT2D eigenvalue weighted by Crippen LogP contribution is -2.04. The highest BCUT2D eigenvalue weighted by atomic mass is 16.7. The minimum absolute atomic E-state index is 0.562. The molecule has 0 amide bonds. The topological polar surface area (TPSA) is 122 Å². The fourth-order valence-corrected chi connectivity index (χ4v) is 0.697. The predicted molar refractivity (Wildman–Crippen MR) is 49.2 cm³/mol. The van der Waals surface area contributed by atoms with Crippen LogP contribution in [0.2, 0.25) is 0 Å². The average molecular weight is 226 g/mol. The zero-order valence-corrected chi connectivity index (χ0v) is 7.78.